The van der Waals surface area contributed by atoms with Crippen molar-refractivity contribution in [2.45, 2.75) is 13.0 Å². The number of rotatable bonds is 5. The number of hydrogen-bond donors (Lipinski definition) is 0. The number of carbonyl (C=O) groups is 1. The summed E-state index contributed by atoms with van der Waals surface area (Å²) in [5.74, 6) is 1.55. The molecule has 138 valence electrons. The van der Waals surface area contributed by atoms with E-state index in [0.29, 0.717) is 40.4 Å². The van der Waals surface area contributed by atoms with Gasteiger partial charge in [-0.05, 0) is 41.8 Å². The lowest BCUT2D eigenvalue weighted by Gasteiger charge is -2.29. The lowest BCUT2D eigenvalue weighted by Crippen LogP contribution is -2.38. The number of carbonyl (C=O) groups excluding carboxylic acids is 1. The predicted molar refractivity (Wildman–Crippen MR) is 101 cm³/mol. The van der Waals surface area contributed by atoms with Crippen LogP contribution in [0.3, 0.4) is 0 Å². The smallest absolute Gasteiger partial charge is 0.260 e. The number of amides is 1. The summed E-state index contributed by atoms with van der Waals surface area (Å²) in [7, 11) is 3.21. The molecule has 5 nitrogen and oxygen atoms in total. The molecule has 2 aromatic rings. The topological polar surface area (TPSA) is 48.0 Å². The van der Waals surface area contributed by atoms with E-state index in [9.17, 15) is 4.79 Å². The predicted octanol–water partition coefficient (Wildman–Crippen LogP) is 3.97. The molecule has 0 aliphatic carbocycles. The van der Waals surface area contributed by atoms with Crippen LogP contribution in [0.1, 0.15) is 11.1 Å². The summed E-state index contributed by atoms with van der Waals surface area (Å²) in [5.41, 5.74) is 2.19. The average molecular weight is 396 g/mol. The van der Waals surface area contributed by atoms with Crippen LogP contribution < -0.4 is 14.2 Å². The number of para-hydroxylation sites is 1. The lowest BCUT2D eigenvalue weighted by molar-refractivity contribution is -0.134. The zero-order valence-electron chi connectivity index (χ0n) is 14.6. The van der Waals surface area contributed by atoms with Crippen LogP contribution >= 0.6 is 23.2 Å². The highest BCUT2D eigenvalue weighted by molar-refractivity contribution is 6.37. The summed E-state index contributed by atoms with van der Waals surface area (Å²) in [4.78, 5) is 14.3. The molecule has 1 aliphatic rings. The van der Waals surface area contributed by atoms with Crippen molar-refractivity contribution >= 4 is 29.1 Å². The van der Waals surface area contributed by atoms with Crippen LogP contribution in [0.15, 0.2) is 30.3 Å². The highest BCUT2D eigenvalue weighted by Crippen LogP contribution is 2.34. The van der Waals surface area contributed by atoms with Crippen molar-refractivity contribution in [1.29, 1.82) is 0 Å². The first-order chi connectivity index (χ1) is 12.5. The molecule has 7 heteroatoms. The second kappa shape index (κ2) is 8.06. The van der Waals surface area contributed by atoms with Crippen LogP contribution in [0.2, 0.25) is 10.0 Å². The van der Waals surface area contributed by atoms with Crippen molar-refractivity contribution in [1.82, 2.24) is 4.90 Å². The Morgan fingerprint density at radius 1 is 1.08 bits per heavy atom. The Balaban J connectivity index is 1.69. The van der Waals surface area contributed by atoms with E-state index in [0.717, 1.165) is 17.5 Å². The number of benzene rings is 2. The SMILES string of the molecule is COc1cc2c(cc1OC)CN(C(=O)COc1c(Cl)cccc1Cl)CC2. The van der Waals surface area contributed by atoms with Gasteiger partial charge in [0.05, 0.1) is 24.3 Å². The number of hydrogen-bond acceptors (Lipinski definition) is 4. The Hall–Kier alpha value is -2.11. The molecule has 0 atom stereocenters. The first-order valence-electron chi connectivity index (χ1n) is 8.12. The van der Waals surface area contributed by atoms with Crippen molar-refractivity contribution < 1.29 is 19.0 Å². The van der Waals surface area contributed by atoms with Gasteiger partial charge in [0.15, 0.2) is 23.9 Å². The van der Waals surface area contributed by atoms with Crippen molar-refractivity contribution in [3.63, 3.8) is 0 Å². The van der Waals surface area contributed by atoms with Crippen molar-refractivity contribution in [2.75, 3.05) is 27.4 Å². The summed E-state index contributed by atoms with van der Waals surface area (Å²) in [6, 6.07) is 8.95. The van der Waals surface area contributed by atoms with Gasteiger partial charge in [0.2, 0.25) is 0 Å². The number of methoxy groups -OCH3 is 2. The molecule has 2 aromatic carbocycles. The zero-order valence-corrected chi connectivity index (χ0v) is 16.1. The second-order valence-corrected chi connectivity index (χ2v) is 6.70. The fraction of sp³-hybridized carbons (Fsp3) is 0.316. The molecule has 0 aromatic heterocycles. The fourth-order valence-corrected chi connectivity index (χ4v) is 3.45. The molecule has 0 unspecified atom stereocenters. The summed E-state index contributed by atoms with van der Waals surface area (Å²) >= 11 is 12.1. The molecule has 0 bridgehead atoms. The Labute approximate surface area is 162 Å². The van der Waals surface area contributed by atoms with Crippen LogP contribution in [0.25, 0.3) is 0 Å². The highest BCUT2D eigenvalue weighted by Gasteiger charge is 2.23. The van der Waals surface area contributed by atoms with Gasteiger partial charge in [-0.1, -0.05) is 29.3 Å². The van der Waals surface area contributed by atoms with E-state index in [1.165, 1.54) is 0 Å². The summed E-state index contributed by atoms with van der Waals surface area (Å²) in [6.07, 6.45) is 0.744. The van der Waals surface area contributed by atoms with Crippen LogP contribution in [0.5, 0.6) is 17.2 Å². The minimum absolute atomic E-state index is 0.119. The van der Waals surface area contributed by atoms with Gasteiger partial charge in [-0.25, -0.2) is 0 Å². The molecule has 1 aliphatic heterocycles. The largest absolute Gasteiger partial charge is 0.493 e. The molecule has 0 saturated heterocycles. The summed E-state index contributed by atoms with van der Waals surface area (Å²) in [5, 5.41) is 0.761. The molecule has 0 fully saturated rings. The lowest BCUT2D eigenvalue weighted by atomic mass is 9.99. The second-order valence-electron chi connectivity index (χ2n) is 5.88. The van der Waals surface area contributed by atoms with E-state index in [2.05, 4.69) is 0 Å². The molecule has 0 radical (unpaired) electrons. The Morgan fingerprint density at radius 3 is 2.31 bits per heavy atom. The van der Waals surface area contributed by atoms with E-state index >= 15 is 0 Å². The van der Waals surface area contributed by atoms with Gasteiger partial charge in [-0.15, -0.1) is 0 Å². The molecule has 0 saturated carbocycles. The third-order valence-electron chi connectivity index (χ3n) is 4.33. The maximum absolute atomic E-state index is 12.5. The van der Waals surface area contributed by atoms with Crippen LogP contribution in [0.4, 0.5) is 0 Å². The van der Waals surface area contributed by atoms with E-state index in [4.69, 9.17) is 37.4 Å². The van der Waals surface area contributed by atoms with Gasteiger partial charge < -0.3 is 19.1 Å². The molecule has 3 rings (SSSR count). The highest BCUT2D eigenvalue weighted by atomic mass is 35.5. The standard InChI is InChI=1S/C19H19Cl2NO4/c1-24-16-8-12-6-7-22(10-13(12)9-17(16)25-2)18(23)11-26-19-14(20)4-3-5-15(19)21/h3-5,8-9H,6-7,10-11H2,1-2H3. The summed E-state index contributed by atoms with van der Waals surface area (Å²) in [6.45, 7) is 0.987. The van der Waals surface area contributed by atoms with Crippen molar-refractivity contribution in [3.8, 4) is 17.2 Å². The molecule has 1 amide bonds. The quantitative estimate of drug-likeness (QED) is 0.768. The van der Waals surface area contributed by atoms with Crippen molar-refractivity contribution in [3.05, 3.63) is 51.5 Å². The molecule has 1 heterocycles. The molecular weight excluding hydrogens is 377 g/mol. The number of fused-ring (bicyclic) bond motifs is 1. The van der Waals surface area contributed by atoms with Gasteiger partial charge in [-0.2, -0.15) is 0 Å². The third kappa shape index (κ3) is 3.84. The van der Waals surface area contributed by atoms with Gasteiger partial charge in [0, 0.05) is 13.1 Å². The Morgan fingerprint density at radius 2 is 1.69 bits per heavy atom. The van der Waals surface area contributed by atoms with Gasteiger partial charge >= 0.3 is 0 Å². The normalized spacial score (nSPS) is 13.2. The van der Waals surface area contributed by atoms with Crippen LogP contribution in [-0.4, -0.2) is 38.2 Å². The first-order valence-corrected chi connectivity index (χ1v) is 8.87. The summed E-state index contributed by atoms with van der Waals surface area (Å²) < 4.78 is 16.2. The zero-order chi connectivity index (χ0) is 18.7. The molecular formula is C19H19Cl2NO4. The third-order valence-corrected chi connectivity index (χ3v) is 4.92. The van der Waals surface area contributed by atoms with Gasteiger partial charge in [-0.3, -0.25) is 4.79 Å². The van der Waals surface area contributed by atoms with Crippen molar-refractivity contribution in [2.24, 2.45) is 0 Å². The minimum atomic E-state index is -0.124. The number of halogens is 2. The van der Waals surface area contributed by atoms with E-state index < -0.39 is 0 Å². The van der Waals surface area contributed by atoms with E-state index in [-0.39, 0.29) is 12.5 Å². The van der Waals surface area contributed by atoms with E-state index in [1.807, 2.05) is 12.1 Å². The van der Waals surface area contributed by atoms with Gasteiger partial charge in [0.25, 0.3) is 5.91 Å². The number of ether oxygens (including phenoxy) is 3. The van der Waals surface area contributed by atoms with Crippen LogP contribution in [-0.2, 0) is 17.8 Å². The number of nitrogens with zero attached hydrogens (tertiary/aromatic N) is 1. The molecule has 0 N–H and O–H groups in total. The first kappa shape index (κ1) is 18.7. The van der Waals surface area contributed by atoms with Crippen LogP contribution in [0, 0.1) is 0 Å². The Kier molecular flexibility index (Phi) is 5.79. The van der Waals surface area contributed by atoms with Gasteiger partial charge in [0.1, 0.15) is 0 Å². The molecule has 26 heavy (non-hydrogen) atoms. The average Bonchev–Trinajstić information content (AvgIpc) is 2.65. The molecule has 0 spiro atoms. The maximum Gasteiger partial charge on any atom is 0.260 e. The fourth-order valence-electron chi connectivity index (χ4n) is 2.94. The van der Waals surface area contributed by atoms with E-state index in [1.54, 1.807) is 37.3 Å². The minimum Gasteiger partial charge on any atom is -0.493 e. The monoisotopic (exact) mass is 395 g/mol. The Bertz CT molecular complexity index is 805. The maximum atomic E-state index is 12.5.